The van der Waals surface area contributed by atoms with Gasteiger partial charge in [-0.3, -0.25) is 0 Å². The van der Waals surface area contributed by atoms with E-state index < -0.39 is 0 Å². The largest absolute Gasteiger partial charge is 0.393 e. The highest BCUT2D eigenvalue weighted by Crippen LogP contribution is 2.33. The highest BCUT2D eigenvalue weighted by Gasteiger charge is 2.18. The van der Waals surface area contributed by atoms with Crippen molar-refractivity contribution < 1.29 is 0 Å². The first kappa shape index (κ1) is 17.7. The van der Waals surface area contributed by atoms with Crippen molar-refractivity contribution in [1.82, 2.24) is 9.97 Å². The zero-order valence-corrected chi connectivity index (χ0v) is 15.6. The summed E-state index contributed by atoms with van der Waals surface area (Å²) in [6.07, 6.45) is 1.58. The van der Waals surface area contributed by atoms with E-state index in [1.165, 1.54) is 11.1 Å². The predicted octanol–water partition coefficient (Wildman–Crippen LogP) is 4.16. The van der Waals surface area contributed by atoms with Gasteiger partial charge in [0.1, 0.15) is 12.0 Å². The molecule has 5 heteroatoms. The van der Waals surface area contributed by atoms with Crippen LogP contribution < -0.4 is 15.5 Å². The monoisotopic (exact) mass is 347 g/mol. The van der Waals surface area contributed by atoms with Crippen molar-refractivity contribution in [3.63, 3.8) is 0 Å². The minimum atomic E-state index is 0.592. The van der Waals surface area contributed by atoms with Gasteiger partial charge in [0.15, 0.2) is 11.6 Å². The molecule has 0 amide bonds. The van der Waals surface area contributed by atoms with Gasteiger partial charge >= 0.3 is 0 Å². The molecule has 1 aromatic heterocycles. The Hall–Kier alpha value is -3.08. The SMILES string of the molecule is CCN(c1cccc(C)c1)c1ncnc(N(C)Cc2ccccc2)c1N. The number of nitrogens with zero attached hydrogens (tertiary/aromatic N) is 4. The van der Waals surface area contributed by atoms with Crippen molar-refractivity contribution in [2.45, 2.75) is 20.4 Å². The average Bonchev–Trinajstić information content (AvgIpc) is 2.64. The Balaban J connectivity index is 1.93. The minimum absolute atomic E-state index is 0.592. The molecule has 0 atom stereocenters. The summed E-state index contributed by atoms with van der Waals surface area (Å²) in [5, 5.41) is 0. The first-order chi connectivity index (χ1) is 12.6. The van der Waals surface area contributed by atoms with Crippen LogP contribution in [0.2, 0.25) is 0 Å². The summed E-state index contributed by atoms with van der Waals surface area (Å²) >= 11 is 0. The number of aryl methyl sites for hydroxylation is 1. The third-order valence-corrected chi connectivity index (χ3v) is 4.35. The predicted molar refractivity (Wildman–Crippen MR) is 109 cm³/mol. The summed E-state index contributed by atoms with van der Waals surface area (Å²) in [5.74, 6) is 1.48. The van der Waals surface area contributed by atoms with E-state index in [1.807, 2.05) is 31.3 Å². The third kappa shape index (κ3) is 3.77. The van der Waals surface area contributed by atoms with Gasteiger partial charge in [-0.15, -0.1) is 0 Å². The maximum Gasteiger partial charge on any atom is 0.161 e. The van der Waals surface area contributed by atoms with Crippen LogP contribution in [0.3, 0.4) is 0 Å². The van der Waals surface area contributed by atoms with E-state index in [2.05, 4.69) is 63.9 Å². The van der Waals surface area contributed by atoms with Crippen molar-refractivity contribution in [1.29, 1.82) is 0 Å². The van der Waals surface area contributed by atoms with Crippen LogP contribution >= 0.6 is 0 Å². The second-order valence-corrected chi connectivity index (χ2v) is 6.36. The maximum absolute atomic E-state index is 6.48. The molecule has 0 radical (unpaired) electrons. The summed E-state index contributed by atoms with van der Waals surface area (Å²) in [6, 6.07) is 18.6. The molecule has 0 aliphatic heterocycles. The van der Waals surface area contributed by atoms with Gasteiger partial charge in [-0.05, 0) is 37.1 Å². The Morgan fingerprint density at radius 3 is 2.38 bits per heavy atom. The molecule has 0 bridgehead atoms. The standard InChI is InChI=1S/C21H25N5/c1-4-26(18-12-8-9-16(2)13-18)21-19(22)20(23-15-24-21)25(3)14-17-10-6-5-7-11-17/h5-13,15H,4,14,22H2,1-3H3. The molecule has 0 aliphatic carbocycles. The summed E-state index contributed by atoms with van der Waals surface area (Å²) < 4.78 is 0. The molecule has 0 saturated heterocycles. The van der Waals surface area contributed by atoms with Gasteiger partial charge < -0.3 is 15.5 Å². The Morgan fingerprint density at radius 2 is 1.69 bits per heavy atom. The number of anilines is 4. The number of benzene rings is 2. The van der Waals surface area contributed by atoms with Crippen molar-refractivity contribution in [2.75, 3.05) is 29.1 Å². The number of rotatable bonds is 6. The molecular formula is C21H25N5. The van der Waals surface area contributed by atoms with Crippen LogP contribution in [-0.4, -0.2) is 23.6 Å². The van der Waals surface area contributed by atoms with Crippen molar-refractivity contribution in [2.24, 2.45) is 0 Å². The molecule has 0 fully saturated rings. The van der Waals surface area contributed by atoms with E-state index in [4.69, 9.17) is 5.73 Å². The number of hydrogen-bond acceptors (Lipinski definition) is 5. The van der Waals surface area contributed by atoms with Crippen LogP contribution in [0.5, 0.6) is 0 Å². The van der Waals surface area contributed by atoms with E-state index in [0.29, 0.717) is 5.69 Å². The lowest BCUT2D eigenvalue weighted by atomic mass is 10.2. The minimum Gasteiger partial charge on any atom is -0.393 e. The van der Waals surface area contributed by atoms with E-state index >= 15 is 0 Å². The molecule has 3 aromatic rings. The fourth-order valence-corrected chi connectivity index (χ4v) is 3.08. The fraction of sp³-hybridized carbons (Fsp3) is 0.238. The van der Waals surface area contributed by atoms with Crippen LogP contribution in [0.15, 0.2) is 60.9 Å². The van der Waals surface area contributed by atoms with E-state index in [0.717, 1.165) is 30.4 Å². The van der Waals surface area contributed by atoms with Crippen LogP contribution in [0, 0.1) is 6.92 Å². The zero-order valence-electron chi connectivity index (χ0n) is 15.6. The number of nitrogens with two attached hydrogens (primary N) is 1. The first-order valence-corrected chi connectivity index (χ1v) is 8.80. The summed E-state index contributed by atoms with van der Waals surface area (Å²) in [4.78, 5) is 13.1. The van der Waals surface area contributed by atoms with Gasteiger partial charge in [0.05, 0.1) is 0 Å². The summed E-state index contributed by atoms with van der Waals surface area (Å²) in [6.45, 7) is 5.68. The van der Waals surface area contributed by atoms with Crippen molar-refractivity contribution >= 4 is 23.0 Å². The smallest absolute Gasteiger partial charge is 0.161 e. The zero-order chi connectivity index (χ0) is 18.5. The number of hydrogen-bond donors (Lipinski definition) is 1. The second kappa shape index (κ2) is 7.87. The maximum atomic E-state index is 6.48. The molecule has 26 heavy (non-hydrogen) atoms. The van der Waals surface area contributed by atoms with Crippen LogP contribution in [0.4, 0.5) is 23.0 Å². The Bertz CT molecular complexity index is 863. The Morgan fingerprint density at radius 1 is 0.962 bits per heavy atom. The molecule has 0 saturated carbocycles. The third-order valence-electron chi connectivity index (χ3n) is 4.35. The molecule has 134 valence electrons. The average molecular weight is 347 g/mol. The Kier molecular flexibility index (Phi) is 5.37. The van der Waals surface area contributed by atoms with Crippen molar-refractivity contribution in [3.8, 4) is 0 Å². The first-order valence-electron chi connectivity index (χ1n) is 8.80. The molecule has 2 N–H and O–H groups in total. The van der Waals surface area contributed by atoms with Gasteiger partial charge in [0.2, 0.25) is 0 Å². The lowest BCUT2D eigenvalue weighted by Gasteiger charge is -2.26. The van der Waals surface area contributed by atoms with Crippen LogP contribution in [0.25, 0.3) is 0 Å². The summed E-state index contributed by atoms with van der Waals surface area (Å²) in [5.41, 5.74) is 10.6. The fourth-order valence-electron chi connectivity index (χ4n) is 3.08. The second-order valence-electron chi connectivity index (χ2n) is 6.36. The van der Waals surface area contributed by atoms with Crippen molar-refractivity contribution in [3.05, 3.63) is 72.1 Å². The van der Waals surface area contributed by atoms with Crippen LogP contribution in [-0.2, 0) is 6.54 Å². The molecule has 2 aromatic carbocycles. The highest BCUT2D eigenvalue weighted by atomic mass is 15.2. The van der Waals surface area contributed by atoms with E-state index in [-0.39, 0.29) is 0 Å². The molecule has 1 heterocycles. The van der Waals surface area contributed by atoms with Gasteiger partial charge in [0, 0.05) is 25.8 Å². The lowest BCUT2D eigenvalue weighted by molar-refractivity contribution is 0.887. The normalized spacial score (nSPS) is 10.6. The van der Waals surface area contributed by atoms with Gasteiger partial charge in [-0.25, -0.2) is 9.97 Å². The van der Waals surface area contributed by atoms with E-state index in [1.54, 1.807) is 6.33 Å². The molecule has 0 aliphatic rings. The van der Waals surface area contributed by atoms with Gasteiger partial charge in [-0.1, -0.05) is 42.5 Å². The van der Waals surface area contributed by atoms with E-state index in [9.17, 15) is 0 Å². The summed E-state index contributed by atoms with van der Waals surface area (Å²) in [7, 11) is 2.00. The molecule has 3 rings (SSSR count). The molecule has 0 spiro atoms. The van der Waals surface area contributed by atoms with Crippen LogP contribution in [0.1, 0.15) is 18.1 Å². The molecule has 0 unspecified atom stereocenters. The number of aromatic nitrogens is 2. The quantitative estimate of drug-likeness (QED) is 0.725. The topological polar surface area (TPSA) is 58.3 Å². The van der Waals surface area contributed by atoms with Gasteiger partial charge in [0.25, 0.3) is 0 Å². The molecular weight excluding hydrogens is 322 g/mol. The Labute approximate surface area is 155 Å². The lowest BCUT2D eigenvalue weighted by Crippen LogP contribution is -2.23. The molecule has 5 nitrogen and oxygen atoms in total. The highest BCUT2D eigenvalue weighted by molar-refractivity contribution is 5.79. The van der Waals surface area contributed by atoms with Gasteiger partial charge in [-0.2, -0.15) is 0 Å². The number of nitrogen functional groups attached to an aromatic ring is 1.